The SMILES string of the molecule is Cc1ccc(S(=O)(=O)CCC(Oc2ccc(S(=O)(=O)Cl)cc2)C(=O)O)cc1. The van der Waals surface area contributed by atoms with Crippen LogP contribution in [0.1, 0.15) is 12.0 Å². The topological polar surface area (TPSA) is 115 Å². The fourth-order valence-electron chi connectivity index (χ4n) is 2.20. The Morgan fingerprint density at radius 2 is 1.52 bits per heavy atom. The number of aliphatic carboxylic acids is 1. The molecule has 2 aromatic rings. The standard InChI is InChI=1S/C17H17ClO7S2/c1-12-2-6-14(7-3-12)26(21,22)11-10-16(17(19)20)25-13-4-8-15(9-5-13)27(18,23)24/h2-9,16H,10-11H2,1H3,(H,19,20). The molecule has 0 aliphatic carbocycles. The fraction of sp³-hybridized carbons (Fsp3) is 0.235. The third-order valence-corrected chi connectivity index (χ3v) is 6.82. The van der Waals surface area contributed by atoms with Gasteiger partial charge in [0.2, 0.25) is 0 Å². The van der Waals surface area contributed by atoms with Crippen molar-refractivity contribution in [2.75, 3.05) is 5.75 Å². The van der Waals surface area contributed by atoms with Crippen molar-refractivity contribution in [1.29, 1.82) is 0 Å². The van der Waals surface area contributed by atoms with E-state index in [0.29, 0.717) is 0 Å². The van der Waals surface area contributed by atoms with Gasteiger partial charge in [-0.1, -0.05) is 17.7 Å². The number of benzene rings is 2. The molecule has 0 spiro atoms. The highest BCUT2D eigenvalue weighted by molar-refractivity contribution is 8.13. The summed E-state index contributed by atoms with van der Waals surface area (Å²) in [6, 6.07) is 11.1. The van der Waals surface area contributed by atoms with E-state index in [9.17, 15) is 26.7 Å². The molecule has 0 aromatic heterocycles. The van der Waals surface area contributed by atoms with Gasteiger partial charge in [-0.05, 0) is 43.3 Å². The van der Waals surface area contributed by atoms with Gasteiger partial charge in [-0.25, -0.2) is 21.6 Å². The molecular formula is C17H17ClO7S2. The van der Waals surface area contributed by atoms with E-state index in [-0.39, 0.29) is 22.0 Å². The Morgan fingerprint density at radius 1 is 1.00 bits per heavy atom. The second-order valence-corrected chi connectivity index (χ2v) is 10.4. The monoisotopic (exact) mass is 432 g/mol. The molecule has 0 fully saturated rings. The zero-order valence-corrected chi connectivity index (χ0v) is 16.6. The number of rotatable bonds is 8. The number of hydrogen-bond acceptors (Lipinski definition) is 6. The third-order valence-electron chi connectivity index (χ3n) is 3.69. The molecule has 7 nitrogen and oxygen atoms in total. The number of carboxylic acid groups (broad SMARTS) is 1. The van der Waals surface area contributed by atoms with Crippen molar-refractivity contribution in [3.05, 3.63) is 54.1 Å². The number of hydrogen-bond donors (Lipinski definition) is 1. The van der Waals surface area contributed by atoms with Crippen LogP contribution in [0.25, 0.3) is 0 Å². The molecule has 0 bridgehead atoms. The molecule has 0 saturated carbocycles. The van der Waals surface area contributed by atoms with Crippen LogP contribution in [-0.4, -0.2) is 39.8 Å². The summed E-state index contributed by atoms with van der Waals surface area (Å²) in [5, 5.41) is 9.29. The highest BCUT2D eigenvalue weighted by Gasteiger charge is 2.24. The van der Waals surface area contributed by atoms with E-state index < -0.39 is 36.7 Å². The van der Waals surface area contributed by atoms with E-state index in [1.807, 2.05) is 6.92 Å². The van der Waals surface area contributed by atoms with Crippen molar-refractivity contribution in [3.8, 4) is 5.75 Å². The molecule has 2 rings (SSSR count). The summed E-state index contributed by atoms with van der Waals surface area (Å²) in [4.78, 5) is 11.3. The van der Waals surface area contributed by atoms with Gasteiger partial charge in [0, 0.05) is 17.1 Å². The third kappa shape index (κ3) is 5.95. The number of carbonyl (C=O) groups is 1. The summed E-state index contributed by atoms with van der Waals surface area (Å²) in [6.07, 6.45) is -1.69. The van der Waals surface area contributed by atoms with Crippen molar-refractivity contribution < 1.29 is 31.5 Å². The Labute approximate surface area is 161 Å². The largest absolute Gasteiger partial charge is 0.479 e. The van der Waals surface area contributed by atoms with Gasteiger partial charge >= 0.3 is 5.97 Å². The summed E-state index contributed by atoms with van der Waals surface area (Å²) in [5.41, 5.74) is 0.906. The smallest absolute Gasteiger partial charge is 0.344 e. The lowest BCUT2D eigenvalue weighted by Crippen LogP contribution is -2.29. The van der Waals surface area contributed by atoms with Gasteiger partial charge < -0.3 is 9.84 Å². The van der Waals surface area contributed by atoms with Crippen LogP contribution < -0.4 is 4.74 Å². The van der Waals surface area contributed by atoms with Crippen LogP contribution in [0.2, 0.25) is 0 Å². The van der Waals surface area contributed by atoms with Gasteiger partial charge in [-0.2, -0.15) is 0 Å². The molecule has 1 unspecified atom stereocenters. The summed E-state index contributed by atoms with van der Waals surface area (Å²) >= 11 is 0. The van der Waals surface area contributed by atoms with Crippen molar-refractivity contribution in [2.45, 2.75) is 29.2 Å². The number of sulfone groups is 1. The Kier molecular flexibility index (Phi) is 6.50. The number of aryl methyl sites for hydroxylation is 1. The summed E-state index contributed by atoms with van der Waals surface area (Å²) in [7, 11) is -2.37. The van der Waals surface area contributed by atoms with Gasteiger partial charge in [0.05, 0.1) is 15.5 Å². The first-order chi connectivity index (χ1) is 12.5. The molecule has 2 aromatic carbocycles. The molecule has 0 aliphatic rings. The van der Waals surface area contributed by atoms with Gasteiger partial charge in [0.25, 0.3) is 9.05 Å². The lowest BCUT2D eigenvalue weighted by Gasteiger charge is -2.15. The predicted octanol–water partition coefficient (Wildman–Crippen LogP) is 2.62. The summed E-state index contributed by atoms with van der Waals surface area (Å²) < 4.78 is 52.4. The first-order valence-corrected chi connectivity index (χ1v) is 11.7. The van der Waals surface area contributed by atoms with E-state index in [4.69, 9.17) is 15.4 Å². The van der Waals surface area contributed by atoms with Crippen LogP contribution in [0.15, 0.2) is 58.3 Å². The maximum absolute atomic E-state index is 12.3. The molecule has 0 aliphatic heterocycles. The number of carboxylic acids is 1. The minimum atomic E-state index is -3.91. The summed E-state index contributed by atoms with van der Waals surface area (Å²) in [5.74, 6) is -1.66. The average molecular weight is 433 g/mol. The van der Waals surface area contributed by atoms with Gasteiger partial charge in [0.1, 0.15) is 5.75 Å². The predicted molar refractivity (Wildman–Crippen MR) is 99.4 cm³/mol. The Morgan fingerprint density at radius 3 is 2.00 bits per heavy atom. The van der Waals surface area contributed by atoms with Crippen LogP contribution in [-0.2, 0) is 23.7 Å². The first-order valence-electron chi connectivity index (χ1n) is 7.73. The Bertz CT molecular complexity index is 1010. The van der Waals surface area contributed by atoms with Crippen LogP contribution in [0.4, 0.5) is 0 Å². The van der Waals surface area contributed by atoms with Gasteiger partial charge in [0.15, 0.2) is 15.9 Å². The van der Waals surface area contributed by atoms with Gasteiger partial charge in [-0.15, -0.1) is 0 Å². The minimum absolute atomic E-state index is 0.0826. The second-order valence-electron chi connectivity index (χ2n) is 5.77. The maximum Gasteiger partial charge on any atom is 0.344 e. The van der Waals surface area contributed by atoms with Crippen LogP contribution >= 0.6 is 10.7 Å². The van der Waals surface area contributed by atoms with Crippen LogP contribution in [0.3, 0.4) is 0 Å². The highest BCUT2D eigenvalue weighted by Crippen LogP contribution is 2.21. The Balaban J connectivity index is 2.09. The van der Waals surface area contributed by atoms with E-state index in [1.165, 1.54) is 36.4 Å². The molecule has 10 heteroatoms. The lowest BCUT2D eigenvalue weighted by atomic mass is 10.2. The minimum Gasteiger partial charge on any atom is -0.479 e. The lowest BCUT2D eigenvalue weighted by molar-refractivity contribution is -0.145. The molecular weight excluding hydrogens is 416 g/mol. The molecule has 27 heavy (non-hydrogen) atoms. The van der Waals surface area contributed by atoms with Crippen LogP contribution in [0, 0.1) is 6.92 Å². The normalized spacial score (nSPS) is 13.1. The van der Waals surface area contributed by atoms with E-state index >= 15 is 0 Å². The quantitative estimate of drug-likeness (QED) is 0.637. The second kappa shape index (κ2) is 8.28. The molecule has 0 saturated heterocycles. The highest BCUT2D eigenvalue weighted by atomic mass is 35.7. The summed E-state index contributed by atoms with van der Waals surface area (Å²) in [6.45, 7) is 1.82. The van der Waals surface area contributed by atoms with Crippen molar-refractivity contribution in [1.82, 2.24) is 0 Å². The molecule has 1 atom stereocenters. The van der Waals surface area contributed by atoms with Crippen molar-refractivity contribution >= 4 is 35.5 Å². The van der Waals surface area contributed by atoms with Crippen molar-refractivity contribution in [2.24, 2.45) is 0 Å². The number of halogens is 1. The number of ether oxygens (including phenoxy) is 1. The maximum atomic E-state index is 12.3. The zero-order chi connectivity index (χ0) is 20.2. The fourth-order valence-corrected chi connectivity index (χ4v) is 4.28. The molecule has 1 N–H and O–H groups in total. The Hall–Kier alpha value is -2.10. The van der Waals surface area contributed by atoms with E-state index in [2.05, 4.69) is 0 Å². The van der Waals surface area contributed by atoms with Crippen LogP contribution in [0.5, 0.6) is 5.75 Å². The molecule has 0 heterocycles. The van der Waals surface area contributed by atoms with E-state index in [1.54, 1.807) is 12.1 Å². The van der Waals surface area contributed by atoms with Gasteiger partial charge in [-0.3, -0.25) is 0 Å². The zero-order valence-electron chi connectivity index (χ0n) is 14.2. The average Bonchev–Trinajstić information content (AvgIpc) is 2.58. The molecule has 0 radical (unpaired) electrons. The molecule has 0 amide bonds. The van der Waals surface area contributed by atoms with Crippen molar-refractivity contribution in [3.63, 3.8) is 0 Å². The first kappa shape index (κ1) is 21.2. The van der Waals surface area contributed by atoms with E-state index in [0.717, 1.165) is 5.56 Å². The molecule has 146 valence electrons.